The molecule has 0 bridgehead atoms. The molecule has 1 aliphatic carbocycles. The molecular weight excluding hydrogens is 391 g/mol. The van der Waals surface area contributed by atoms with E-state index in [1.54, 1.807) is 0 Å². The molecule has 2 aromatic rings. The molecule has 0 saturated heterocycles. The van der Waals surface area contributed by atoms with Crippen molar-refractivity contribution < 1.29 is 0 Å². The summed E-state index contributed by atoms with van der Waals surface area (Å²) in [6.07, 6.45) is 7.06. The fraction of sp³-hybridized carbons (Fsp3) is 0.533. The van der Waals surface area contributed by atoms with Gasteiger partial charge < -0.3 is 10.6 Å². The zero-order valence-corrected chi connectivity index (χ0v) is 15.2. The summed E-state index contributed by atoms with van der Waals surface area (Å²) in [4.78, 5) is 4.64. The van der Waals surface area contributed by atoms with E-state index in [2.05, 4.69) is 32.7 Å². The van der Waals surface area contributed by atoms with Gasteiger partial charge >= 0.3 is 0 Å². The predicted octanol–water partition coefficient (Wildman–Crippen LogP) is 2.35. The monoisotopic (exact) mass is 414 g/mol. The quantitative estimate of drug-likeness (QED) is 0.458. The number of fused-ring (bicyclic) bond motifs is 1. The predicted molar refractivity (Wildman–Crippen MR) is 98.6 cm³/mol. The molecule has 6 nitrogen and oxygen atoms in total. The number of aromatic nitrogens is 3. The first-order valence-electron chi connectivity index (χ1n) is 7.70. The summed E-state index contributed by atoms with van der Waals surface area (Å²) in [5.74, 6) is 1.73. The Morgan fingerprint density at radius 2 is 2.14 bits per heavy atom. The lowest BCUT2D eigenvalue weighted by Crippen LogP contribution is -2.42. The maximum absolute atomic E-state index is 4.64. The fourth-order valence-corrected chi connectivity index (χ4v) is 2.73. The van der Waals surface area contributed by atoms with Crippen LogP contribution in [-0.2, 0) is 6.54 Å². The molecule has 1 saturated carbocycles. The minimum Gasteiger partial charge on any atom is -0.357 e. The molecule has 1 aliphatic rings. The second kappa shape index (κ2) is 8.30. The van der Waals surface area contributed by atoms with Crippen LogP contribution in [0.2, 0.25) is 0 Å². The first-order chi connectivity index (χ1) is 10.4. The summed E-state index contributed by atoms with van der Waals surface area (Å²) in [5.41, 5.74) is 0.858. The van der Waals surface area contributed by atoms with E-state index in [0.717, 1.165) is 24.0 Å². The number of pyridine rings is 1. The minimum atomic E-state index is 0. The maximum Gasteiger partial charge on any atom is 0.191 e. The Kier molecular flexibility index (Phi) is 6.41. The number of aliphatic imine (C=N–C) groups is 1. The van der Waals surface area contributed by atoms with Crippen molar-refractivity contribution in [1.29, 1.82) is 0 Å². The fourth-order valence-electron chi connectivity index (χ4n) is 2.73. The van der Waals surface area contributed by atoms with Crippen LogP contribution in [0.3, 0.4) is 0 Å². The number of nitrogens with zero attached hydrogens (tertiary/aromatic N) is 4. The summed E-state index contributed by atoms with van der Waals surface area (Å²) in [6.45, 7) is 3.46. The third kappa shape index (κ3) is 4.08. The highest BCUT2D eigenvalue weighted by Gasteiger charge is 2.16. The molecule has 0 radical (unpaired) electrons. The van der Waals surface area contributed by atoms with Crippen LogP contribution < -0.4 is 10.6 Å². The Morgan fingerprint density at radius 3 is 2.91 bits per heavy atom. The van der Waals surface area contributed by atoms with Gasteiger partial charge in [-0.15, -0.1) is 34.2 Å². The Bertz CT molecular complexity index is 617. The van der Waals surface area contributed by atoms with E-state index < -0.39 is 0 Å². The van der Waals surface area contributed by atoms with Crippen LogP contribution in [0, 0.1) is 0 Å². The summed E-state index contributed by atoms with van der Waals surface area (Å²) in [5, 5.41) is 15.2. The van der Waals surface area contributed by atoms with E-state index in [1.165, 1.54) is 25.7 Å². The number of nitrogens with one attached hydrogen (secondary N) is 2. The summed E-state index contributed by atoms with van der Waals surface area (Å²) < 4.78 is 1.97. The molecule has 3 rings (SSSR count). The summed E-state index contributed by atoms with van der Waals surface area (Å²) in [6, 6.07) is 6.44. The highest BCUT2D eigenvalue weighted by Crippen LogP contribution is 2.17. The van der Waals surface area contributed by atoms with Crippen molar-refractivity contribution in [3.8, 4) is 0 Å². The molecular formula is C15H23IN6. The molecule has 120 valence electrons. The van der Waals surface area contributed by atoms with E-state index in [9.17, 15) is 0 Å². The molecule has 2 heterocycles. The third-order valence-corrected chi connectivity index (χ3v) is 3.80. The van der Waals surface area contributed by atoms with Crippen molar-refractivity contribution >= 4 is 35.6 Å². The van der Waals surface area contributed by atoms with Crippen molar-refractivity contribution in [3.63, 3.8) is 0 Å². The van der Waals surface area contributed by atoms with Crippen molar-refractivity contribution in [2.45, 2.75) is 45.2 Å². The van der Waals surface area contributed by atoms with Crippen LogP contribution in [0.4, 0.5) is 0 Å². The molecule has 2 aromatic heterocycles. The normalized spacial score (nSPS) is 15.8. The second-order valence-corrected chi connectivity index (χ2v) is 5.37. The lowest BCUT2D eigenvalue weighted by atomic mass is 10.2. The zero-order valence-electron chi connectivity index (χ0n) is 12.8. The Hall–Kier alpha value is -1.38. The van der Waals surface area contributed by atoms with Gasteiger partial charge in [-0.3, -0.25) is 4.40 Å². The van der Waals surface area contributed by atoms with Crippen LogP contribution in [0.5, 0.6) is 0 Å². The lowest BCUT2D eigenvalue weighted by molar-refractivity contribution is 0.613. The van der Waals surface area contributed by atoms with Crippen LogP contribution in [0.1, 0.15) is 38.4 Å². The zero-order chi connectivity index (χ0) is 14.5. The van der Waals surface area contributed by atoms with E-state index in [0.29, 0.717) is 12.6 Å². The average molecular weight is 414 g/mol. The molecule has 0 aliphatic heterocycles. The number of hydrogen-bond donors (Lipinski definition) is 2. The molecule has 0 aromatic carbocycles. The molecule has 22 heavy (non-hydrogen) atoms. The van der Waals surface area contributed by atoms with Crippen LogP contribution in [-0.4, -0.2) is 33.1 Å². The topological polar surface area (TPSA) is 66.6 Å². The molecule has 0 spiro atoms. The van der Waals surface area contributed by atoms with E-state index >= 15 is 0 Å². The van der Waals surface area contributed by atoms with Gasteiger partial charge in [0, 0.05) is 18.8 Å². The highest BCUT2D eigenvalue weighted by molar-refractivity contribution is 14.0. The second-order valence-electron chi connectivity index (χ2n) is 5.37. The van der Waals surface area contributed by atoms with E-state index in [4.69, 9.17) is 0 Å². The Morgan fingerprint density at radius 1 is 1.32 bits per heavy atom. The standard InChI is InChI=1S/C15H22N6.HI/c1-2-16-15(18-12-7-3-4-8-12)17-11-14-20-19-13-9-5-6-10-21(13)14;/h5-6,9-10,12H,2-4,7-8,11H2,1H3,(H2,16,17,18);1H. The van der Waals surface area contributed by atoms with Crippen molar-refractivity contribution in [1.82, 2.24) is 25.2 Å². The van der Waals surface area contributed by atoms with E-state index in [-0.39, 0.29) is 24.0 Å². The largest absolute Gasteiger partial charge is 0.357 e. The average Bonchev–Trinajstić information content (AvgIpc) is 3.14. The van der Waals surface area contributed by atoms with Crippen LogP contribution in [0.15, 0.2) is 29.4 Å². The van der Waals surface area contributed by atoms with Gasteiger partial charge in [0.2, 0.25) is 0 Å². The van der Waals surface area contributed by atoms with Gasteiger partial charge in [-0.05, 0) is 31.9 Å². The molecule has 2 N–H and O–H groups in total. The Labute approximate surface area is 147 Å². The summed E-state index contributed by atoms with van der Waals surface area (Å²) in [7, 11) is 0. The maximum atomic E-state index is 4.64. The SMILES string of the molecule is CCNC(=NCc1nnc2ccccn12)NC1CCCC1.I. The first kappa shape index (κ1) is 17.0. The molecule has 0 amide bonds. The molecule has 0 atom stereocenters. The van der Waals surface area contributed by atoms with Crippen molar-refractivity contribution in [2.24, 2.45) is 4.99 Å². The molecule has 0 unspecified atom stereocenters. The smallest absolute Gasteiger partial charge is 0.191 e. The number of rotatable bonds is 4. The van der Waals surface area contributed by atoms with Gasteiger partial charge in [-0.1, -0.05) is 18.9 Å². The molecule has 7 heteroatoms. The van der Waals surface area contributed by atoms with Gasteiger partial charge in [0.15, 0.2) is 17.4 Å². The van der Waals surface area contributed by atoms with Gasteiger partial charge in [0.1, 0.15) is 6.54 Å². The third-order valence-electron chi connectivity index (χ3n) is 3.80. The number of halogens is 1. The highest BCUT2D eigenvalue weighted by atomic mass is 127. The van der Waals surface area contributed by atoms with Crippen molar-refractivity contribution in [2.75, 3.05) is 6.54 Å². The molecule has 1 fully saturated rings. The number of hydrogen-bond acceptors (Lipinski definition) is 3. The van der Waals surface area contributed by atoms with E-state index in [1.807, 2.05) is 28.8 Å². The van der Waals surface area contributed by atoms with Gasteiger partial charge in [-0.2, -0.15) is 0 Å². The Balaban J connectivity index is 0.00000176. The van der Waals surface area contributed by atoms with Crippen LogP contribution >= 0.6 is 24.0 Å². The number of guanidine groups is 1. The van der Waals surface area contributed by atoms with Crippen molar-refractivity contribution in [3.05, 3.63) is 30.2 Å². The lowest BCUT2D eigenvalue weighted by Gasteiger charge is -2.16. The minimum absolute atomic E-state index is 0. The van der Waals surface area contributed by atoms with Gasteiger partial charge in [0.25, 0.3) is 0 Å². The first-order valence-corrected chi connectivity index (χ1v) is 7.70. The van der Waals surface area contributed by atoms with Gasteiger partial charge in [-0.25, -0.2) is 4.99 Å². The summed E-state index contributed by atoms with van der Waals surface area (Å²) >= 11 is 0. The van der Waals surface area contributed by atoms with Gasteiger partial charge in [0.05, 0.1) is 0 Å². The van der Waals surface area contributed by atoms with Crippen LogP contribution in [0.25, 0.3) is 5.65 Å².